The molecule has 3 aromatic rings. The van der Waals surface area contributed by atoms with Crippen molar-refractivity contribution < 1.29 is 4.79 Å². The highest BCUT2D eigenvalue weighted by Gasteiger charge is 2.12. The van der Waals surface area contributed by atoms with Crippen LogP contribution in [0.1, 0.15) is 30.5 Å². The van der Waals surface area contributed by atoms with Crippen LogP contribution in [0.25, 0.3) is 17.0 Å². The van der Waals surface area contributed by atoms with Gasteiger partial charge in [-0.2, -0.15) is 0 Å². The summed E-state index contributed by atoms with van der Waals surface area (Å²) in [7, 11) is 0. The highest BCUT2D eigenvalue weighted by atomic mass is 35.5. The summed E-state index contributed by atoms with van der Waals surface area (Å²) in [5.41, 5.74) is 4.67. The van der Waals surface area contributed by atoms with Gasteiger partial charge in [-0.25, -0.2) is 0 Å². The van der Waals surface area contributed by atoms with Gasteiger partial charge in [0.15, 0.2) is 0 Å². The minimum Gasteiger partial charge on any atom is -0.322 e. The number of carbonyl (C=O) groups is 1. The smallest absolute Gasteiger partial charge is 0.248 e. The summed E-state index contributed by atoms with van der Waals surface area (Å²) in [5, 5.41) is 4.74. The Morgan fingerprint density at radius 2 is 1.92 bits per heavy atom. The Bertz CT molecular complexity index is 974. The first kappa shape index (κ1) is 18.2. The summed E-state index contributed by atoms with van der Waals surface area (Å²) in [6, 6.07) is 13.7. The summed E-state index contributed by atoms with van der Waals surface area (Å²) < 4.78 is 0. The molecule has 0 bridgehead atoms. The van der Waals surface area contributed by atoms with Crippen molar-refractivity contribution >= 4 is 40.2 Å². The number of carbonyl (C=O) groups excluding carboxylic acids is 1. The molecule has 0 radical (unpaired) electrons. The topological polar surface area (TPSA) is 42.0 Å². The van der Waals surface area contributed by atoms with Crippen LogP contribution in [0.15, 0.2) is 54.7 Å². The highest BCUT2D eigenvalue weighted by molar-refractivity contribution is 6.32. The van der Waals surface area contributed by atoms with Gasteiger partial charge in [0.1, 0.15) is 0 Å². The van der Waals surface area contributed by atoms with Gasteiger partial charge in [-0.05, 0) is 42.2 Å². The van der Waals surface area contributed by atoms with Crippen LogP contribution in [0.4, 0.5) is 5.69 Å². The van der Waals surface area contributed by atoms with Crippen LogP contribution in [0, 0.1) is 0 Å². The average molecular weight is 365 g/mol. The maximum absolute atomic E-state index is 12.5. The van der Waals surface area contributed by atoms with E-state index in [1.165, 1.54) is 0 Å². The molecule has 1 aromatic heterocycles. The van der Waals surface area contributed by atoms with Gasteiger partial charge in [-0.1, -0.05) is 55.8 Å². The molecule has 4 heteroatoms. The van der Waals surface area contributed by atoms with Gasteiger partial charge >= 0.3 is 0 Å². The molecule has 0 atom stereocenters. The number of nitrogens with one attached hydrogen (secondary N) is 1. The Hall–Kier alpha value is -2.65. The first-order valence-corrected chi connectivity index (χ1v) is 9.14. The van der Waals surface area contributed by atoms with Gasteiger partial charge in [0.2, 0.25) is 5.91 Å². The standard InChI is InChI=1S/C22H21ClN2O/c1-3-15-10-12-19(23)18(4-2)22(15)25-20(26)13-11-17-8-5-7-16-9-6-14-24-21(16)17/h5-14H,3-4H2,1-2H3,(H,25,26)/b13-11+. The van der Waals surface area contributed by atoms with Crippen molar-refractivity contribution in [3.63, 3.8) is 0 Å². The molecule has 0 saturated carbocycles. The number of nitrogens with zero attached hydrogens (tertiary/aromatic N) is 1. The molecular formula is C22H21ClN2O. The van der Waals surface area contributed by atoms with Crippen molar-refractivity contribution in [1.29, 1.82) is 0 Å². The number of anilines is 1. The Morgan fingerprint density at radius 3 is 2.69 bits per heavy atom. The Labute approximate surface area is 158 Å². The molecular weight excluding hydrogens is 344 g/mol. The van der Waals surface area contributed by atoms with Gasteiger partial charge < -0.3 is 5.32 Å². The zero-order valence-corrected chi connectivity index (χ0v) is 15.7. The summed E-state index contributed by atoms with van der Waals surface area (Å²) in [6.45, 7) is 4.10. The quantitative estimate of drug-likeness (QED) is 0.593. The maximum Gasteiger partial charge on any atom is 0.248 e. The van der Waals surface area contributed by atoms with E-state index < -0.39 is 0 Å². The molecule has 0 aliphatic carbocycles. The summed E-state index contributed by atoms with van der Waals surface area (Å²) in [5.74, 6) is -0.176. The van der Waals surface area contributed by atoms with Crippen molar-refractivity contribution in [2.75, 3.05) is 5.32 Å². The SMILES string of the molecule is CCc1ccc(Cl)c(CC)c1NC(=O)/C=C/c1cccc2cccnc12. The van der Waals surface area contributed by atoms with Gasteiger partial charge in [0.05, 0.1) is 5.52 Å². The number of amides is 1. The molecule has 0 aliphatic heterocycles. The lowest BCUT2D eigenvalue weighted by Crippen LogP contribution is -2.12. The molecule has 0 fully saturated rings. The van der Waals surface area contributed by atoms with Crippen molar-refractivity contribution in [2.24, 2.45) is 0 Å². The Balaban J connectivity index is 1.87. The monoisotopic (exact) mass is 364 g/mol. The predicted molar refractivity (Wildman–Crippen MR) is 110 cm³/mol. The lowest BCUT2D eigenvalue weighted by molar-refractivity contribution is -0.111. The van der Waals surface area contributed by atoms with Gasteiger partial charge in [0, 0.05) is 33.9 Å². The van der Waals surface area contributed by atoms with Crippen molar-refractivity contribution in [1.82, 2.24) is 4.98 Å². The summed E-state index contributed by atoms with van der Waals surface area (Å²) in [6.07, 6.45) is 6.69. The third-order valence-corrected chi connectivity index (χ3v) is 4.76. The lowest BCUT2D eigenvalue weighted by Gasteiger charge is -2.15. The number of hydrogen-bond acceptors (Lipinski definition) is 2. The number of rotatable bonds is 5. The van der Waals surface area contributed by atoms with E-state index in [0.29, 0.717) is 5.02 Å². The van der Waals surface area contributed by atoms with E-state index in [2.05, 4.69) is 17.2 Å². The van der Waals surface area contributed by atoms with Crippen LogP contribution < -0.4 is 5.32 Å². The molecule has 0 aliphatic rings. The number of hydrogen-bond donors (Lipinski definition) is 1. The van der Waals surface area contributed by atoms with Crippen LogP contribution in [0.3, 0.4) is 0 Å². The second-order valence-corrected chi connectivity index (χ2v) is 6.42. The van der Waals surface area contributed by atoms with E-state index in [0.717, 1.165) is 46.1 Å². The fourth-order valence-corrected chi connectivity index (χ4v) is 3.35. The Kier molecular flexibility index (Phi) is 5.69. The van der Waals surface area contributed by atoms with Crippen molar-refractivity contribution in [3.05, 3.63) is 76.5 Å². The second kappa shape index (κ2) is 8.15. The molecule has 1 heterocycles. The number of aromatic nitrogens is 1. The van der Waals surface area contributed by atoms with Gasteiger partial charge in [0.25, 0.3) is 0 Å². The number of aryl methyl sites for hydroxylation is 1. The molecule has 0 spiro atoms. The molecule has 0 saturated heterocycles. The number of pyridine rings is 1. The van der Waals surface area contributed by atoms with Crippen LogP contribution in [-0.2, 0) is 17.6 Å². The Morgan fingerprint density at radius 1 is 1.12 bits per heavy atom. The van der Waals surface area contributed by atoms with Gasteiger partial charge in [-0.3, -0.25) is 9.78 Å². The van der Waals surface area contributed by atoms with Crippen molar-refractivity contribution in [2.45, 2.75) is 26.7 Å². The normalized spacial score (nSPS) is 11.2. The minimum atomic E-state index is -0.176. The average Bonchev–Trinajstić information content (AvgIpc) is 2.67. The molecule has 132 valence electrons. The summed E-state index contributed by atoms with van der Waals surface area (Å²) >= 11 is 6.30. The van der Waals surface area contributed by atoms with E-state index in [1.54, 1.807) is 18.3 Å². The molecule has 3 rings (SSSR count). The van der Waals surface area contributed by atoms with Crippen molar-refractivity contribution in [3.8, 4) is 0 Å². The minimum absolute atomic E-state index is 0.176. The zero-order valence-electron chi connectivity index (χ0n) is 14.9. The van der Waals surface area contributed by atoms with E-state index in [9.17, 15) is 4.79 Å². The lowest BCUT2D eigenvalue weighted by atomic mass is 10.0. The number of halogens is 1. The van der Waals surface area contributed by atoms with E-state index in [1.807, 2.05) is 49.4 Å². The fraction of sp³-hybridized carbons (Fsp3) is 0.182. The fourth-order valence-electron chi connectivity index (χ4n) is 3.06. The first-order valence-electron chi connectivity index (χ1n) is 8.77. The van der Waals surface area contributed by atoms with Crippen LogP contribution >= 0.6 is 11.6 Å². The first-order chi connectivity index (χ1) is 12.6. The molecule has 1 N–H and O–H groups in total. The van der Waals surface area contributed by atoms with E-state index in [-0.39, 0.29) is 5.91 Å². The number of benzene rings is 2. The molecule has 0 unspecified atom stereocenters. The molecule has 26 heavy (non-hydrogen) atoms. The van der Waals surface area contributed by atoms with E-state index >= 15 is 0 Å². The largest absolute Gasteiger partial charge is 0.322 e. The van der Waals surface area contributed by atoms with Gasteiger partial charge in [-0.15, -0.1) is 0 Å². The third kappa shape index (κ3) is 3.78. The van der Waals surface area contributed by atoms with Crippen LogP contribution in [0.5, 0.6) is 0 Å². The van der Waals surface area contributed by atoms with Crippen LogP contribution in [-0.4, -0.2) is 10.9 Å². The molecule has 1 amide bonds. The van der Waals surface area contributed by atoms with E-state index in [4.69, 9.17) is 11.6 Å². The summed E-state index contributed by atoms with van der Waals surface area (Å²) in [4.78, 5) is 16.9. The number of para-hydroxylation sites is 1. The molecule has 2 aromatic carbocycles. The highest BCUT2D eigenvalue weighted by Crippen LogP contribution is 2.29. The third-order valence-electron chi connectivity index (χ3n) is 4.40. The number of fused-ring (bicyclic) bond motifs is 1. The molecule has 3 nitrogen and oxygen atoms in total. The van der Waals surface area contributed by atoms with Crippen LogP contribution in [0.2, 0.25) is 5.02 Å². The second-order valence-electron chi connectivity index (χ2n) is 6.01. The predicted octanol–water partition coefficient (Wildman–Crippen LogP) is 5.66. The maximum atomic E-state index is 12.5. The zero-order chi connectivity index (χ0) is 18.5.